The first-order valence-electron chi connectivity index (χ1n) is 8.66. The molecule has 2 heterocycles. The van der Waals surface area contributed by atoms with Crippen LogP contribution in [-0.4, -0.2) is 55.3 Å². The van der Waals surface area contributed by atoms with Gasteiger partial charge < -0.3 is 15.1 Å². The van der Waals surface area contributed by atoms with Gasteiger partial charge in [-0.3, -0.25) is 9.59 Å². The maximum Gasteiger partial charge on any atom is 0.225 e. The van der Waals surface area contributed by atoms with Crippen molar-refractivity contribution in [2.45, 2.75) is 32.7 Å². The molecule has 24 heavy (non-hydrogen) atoms. The zero-order valence-electron chi connectivity index (χ0n) is 15.1. The first-order valence-corrected chi connectivity index (χ1v) is 9.54. The van der Waals surface area contributed by atoms with E-state index < -0.39 is 0 Å². The molecule has 1 fully saturated rings. The number of carbonyl (C=O) groups is 2. The van der Waals surface area contributed by atoms with E-state index in [0.29, 0.717) is 13.1 Å². The van der Waals surface area contributed by atoms with Crippen molar-refractivity contribution in [2.24, 2.45) is 11.8 Å². The Labute approximate surface area is 149 Å². The molecule has 0 bridgehead atoms. The summed E-state index contributed by atoms with van der Waals surface area (Å²) in [6.45, 7) is 5.75. The smallest absolute Gasteiger partial charge is 0.225 e. The SMILES string of the molecule is CC(C)C(=O)N1CCC[C@@H](C(=O)NC[C@H](c2cccs2)N(C)C)C1. The highest BCUT2D eigenvalue weighted by molar-refractivity contribution is 7.10. The van der Waals surface area contributed by atoms with E-state index >= 15 is 0 Å². The van der Waals surface area contributed by atoms with Gasteiger partial charge in [0, 0.05) is 30.4 Å². The average molecular weight is 352 g/mol. The highest BCUT2D eigenvalue weighted by Gasteiger charge is 2.29. The molecule has 0 radical (unpaired) electrons. The molecule has 1 aromatic rings. The van der Waals surface area contributed by atoms with Crippen molar-refractivity contribution < 1.29 is 9.59 Å². The maximum absolute atomic E-state index is 12.6. The van der Waals surface area contributed by atoms with Crippen LogP contribution in [0.1, 0.15) is 37.6 Å². The number of amides is 2. The number of carbonyl (C=O) groups excluding carboxylic acids is 2. The van der Waals surface area contributed by atoms with Crippen molar-refractivity contribution in [2.75, 3.05) is 33.7 Å². The first kappa shape index (κ1) is 18.9. The van der Waals surface area contributed by atoms with Crippen LogP contribution in [0.2, 0.25) is 0 Å². The van der Waals surface area contributed by atoms with Gasteiger partial charge in [0.2, 0.25) is 11.8 Å². The number of likely N-dealkylation sites (tertiary alicyclic amines) is 1. The summed E-state index contributed by atoms with van der Waals surface area (Å²) in [6, 6.07) is 4.32. The largest absolute Gasteiger partial charge is 0.354 e. The molecule has 0 saturated carbocycles. The van der Waals surface area contributed by atoms with Crippen LogP contribution in [0.4, 0.5) is 0 Å². The van der Waals surface area contributed by atoms with Gasteiger partial charge in [-0.25, -0.2) is 0 Å². The normalized spacial score (nSPS) is 19.6. The van der Waals surface area contributed by atoms with E-state index in [1.807, 2.05) is 38.9 Å². The lowest BCUT2D eigenvalue weighted by Crippen LogP contribution is -2.47. The second-order valence-electron chi connectivity index (χ2n) is 7.02. The van der Waals surface area contributed by atoms with Gasteiger partial charge >= 0.3 is 0 Å². The van der Waals surface area contributed by atoms with E-state index in [1.54, 1.807) is 11.3 Å². The Morgan fingerprint density at radius 3 is 2.75 bits per heavy atom. The Morgan fingerprint density at radius 1 is 1.42 bits per heavy atom. The minimum Gasteiger partial charge on any atom is -0.354 e. The molecule has 5 nitrogen and oxygen atoms in total. The van der Waals surface area contributed by atoms with Gasteiger partial charge in [-0.2, -0.15) is 0 Å². The van der Waals surface area contributed by atoms with Gasteiger partial charge in [-0.05, 0) is 38.4 Å². The number of nitrogens with one attached hydrogen (secondary N) is 1. The zero-order chi connectivity index (χ0) is 17.7. The third kappa shape index (κ3) is 4.80. The van der Waals surface area contributed by atoms with Gasteiger partial charge in [-0.15, -0.1) is 11.3 Å². The van der Waals surface area contributed by atoms with Crippen molar-refractivity contribution in [3.63, 3.8) is 0 Å². The third-order valence-corrected chi connectivity index (χ3v) is 5.54. The highest BCUT2D eigenvalue weighted by Crippen LogP contribution is 2.23. The Hall–Kier alpha value is -1.40. The molecule has 1 aromatic heterocycles. The average Bonchev–Trinajstić information content (AvgIpc) is 3.08. The van der Waals surface area contributed by atoms with Crippen LogP contribution in [0.3, 0.4) is 0 Å². The lowest BCUT2D eigenvalue weighted by atomic mass is 9.96. The van der Waals surface area contributed by atoms with Crippen LogP contribution in [0.25, 0.3) is 0 Å². The summed E-state index contributed by atoms with van der Waals surface area (Å²) >= 11 is 1.71. The van der Waals surface area contributed by atoms with Crippen LogP contribution < -0.4 is 5.32 Å². The van der Waals surface area contributed by atoms with Gasteiger partial charge in [0.1, 0.15) is 0 Å². The molecule has 6 heteroatoms. The second kappa shape index (κ2) is 8.62. The molecule has 2 atom stereocenters. The summed E-state index contributed by atoms with van der Waals surface area (Å²) < 4.78 is 0. The fraction of sp³-hybridized carbons (Fsp3) is 0.667. The summed E-state index contributed by atoms with van der Waals surface area (Å²) in [5.74, 6) is 0.119. The van der Waals surface area contributed by atoms with Crippen LogP contribution >= 0.6 is 11.3 Å². The molecule has 2 amide bonds. The number of hydrogen-bond donors (Lipinski definition) is 1. The maximum atomic E-state index is 12.6. The molecule has 1 saturated heterocycles. The van der Waals surface area contributed by atoms with Crippen molar-refractivity contribution >= 4 is 23.2 Å². The van der Waals surface area contributed by atoms with E-state index in [0.717, 1.165) is 19.4 Å². The number of likely N-dealkylation sites (N-methyl/N-ethyl adjacent to an activating group) is 1. The molecule has 134 valence electrons. The summed E-state index contributed by atoms with van der Waals surface area (Å²) in [5, 5.41) is 5.16. The standard InChI is InChI=1S/C18H29N3O2S/c1-13(2)18(23)21-9-5-7-14(12-21)17(22)19-11-15(20(3)4)16-8-6-10-24-16/h6,8,10,13-15H,5,7,9,11-12H2,1-4H3,(H,19,22)/t14-,15-/m1/s1. The van der Waals surface area contributed by atoms with Crippen LogP contribution in [-0.2, 0) is 9.59 Å². The Kier molecular flexibility index (Phi) is 6.80. The van der Waals surface area contributed by atoms with Crippen molar-refractivity contribution in [3.05, 3.63) is 22.4 Å². The Bertz CT molecular complexity index is 542. The highest BCUT2D eigenvalue weighted by atomic mass is 32.1. The lowest BCUT2D eigenvalue weighted by Gasteiger charge is -2.33. The predicted molar refractivity (Wildman–Crippen MR) is 97.9 cm³/mol. The van der Waals surface area contributed by atoms with Crippen molar-refractivity contribution in [1.82, 2.24) is 15.1 Å². The number of nitrogens with zero attached hydrogens (tertiary/aromatic N) is 2. The summed E-state index contributed by atoms with van der Waals surface area (Å²) in [5.41, 5.74) is 0. The van der Waals surface area contributed by atoms with E-state index in [1.165, 1.54) is 4.88 Å². The number of hydrogen-bond acceptors (Lipinski definition) is 4. The topological polar surface area (TPSA) is 52.7 Å². The van der Waals surface area contributed by atoms with Gasteiger partial charge in [0.15, 0.2) is 0 Å². The molecular weight excluding hydrogens is 322 g/mol. The minimum atomic E-state index is -0.0902. The Morgan fingerprint density at radius 2 is 2.17 bits per heavy atom. The number of thiophene rings is 1. The molecule has 0 unspecified atom stereocenters. The molecule has 1 N–H and O–H groups in total. The predicted octanol–water partition coefficient (Wildman–Crippen LogP) is 2.36. The first-order chi connectivity index (χ1) is 11.4. The van der Waals surface area contributed by atoms with Crippen LogP contribution in [0.15, 0.2) is 17.5 Å². The molecule has 0 aromatic carbocycles. The van der Waals surface area contributed by atoms with E-state index in [2.05, 4.69) is 21.7 Å². The molecule has 1 aliphatic heterocycles. The van der Waals surface area contributed by atoms with Crippen LogP contribution in [0, 0.1) is 11.8 Å². The molecule has 0 aliphatic carbocycles. The number of rotatable bonds is 6. The summed E-state index contributed by atoms with van der Waals surface area (Å²) in [4.78, 5) is 30.0. The van der Waals surface area contributed by atoms with E-state index in [4.69, 9.17) is 0 Å². The van der Waals surface area contributed by atoms with Crippen LogP contribution in [0.5, 0.6) is 0 Å². The number of piperidine rings is 1. The minimum absolute atomic E-state index is 0.0104. The third-order valence-electron chi connectivity index (χ3n) is 4.56. The van der Waals surface area contributed by atoms with E-state index in [9.17, 15) is 9.59 Å². The molecule has 1 aliphatic rings. The van der Waals surface area contributed by atoms with Gasteiger partial charge in [0.05, 0.1) is 12.0 Å². The van der Waals surface area contributed by atoms with Crippen molar-refractivity contribution in [3.8, 4) is 0 Å². The molecule has 0 spiro atoms. The monoisotopic (exact) mass is 351 g/mol. The zero-order valence-corrected chi connectivity index (χ0v) is 15.9. The second-order valence-corrected chi connectivity index (χ2v) is 8.00. The summed E-state index contributed by atoms with van der Waals surface area (Å²) in [7, 11) is 4.06. The van der Waals surface area contributed by atoms with Gasteiger partial charge in [0.25, 0.3) is 0 Å². The fourth-order valence-corrected chi connectivity index (χ4v) is 4.04. The van der Waals surface area contributed by atoms with Crippen molar-refractivity contribution in [1.29, 1.82) is 0 Å². The molecular formula is C18H29N3O2S. The Balaban J connectivity index is 1.90. The lowest BCUT2D eigenvalue weighted by molar-refractivity contribution is -0.138. The van der Waals surface area contributed by atoms with E-state index in [-0.39, 0.29) is 29.7 Å². The fourth-order valence-electron chi connectivity index (χ4n) is 3.12. The molecule has 2 rings (SSSR count). The summed E-state index contributed by atoms with van der Waals surface area (Å²) in [6.07, 6.45) is 1.76. The quantitative estimate of drug-likeness (QED) is 0.856. The van der Waals surface area contributed by atoms with Gasteiger partial charge in [-0.1, -0.05) is 19.9 Å².